The quantitative estimate of drug-likeness (QED) is 0.643. The van der Waals surface area contributed by atoms with Gasteiger partial charge in [-0.1, -0.05) is 37.3 Å². The van der Waals surface area contributed by atoms with Gasteiger partial charge >= 0.3 is 5.97 Å². The van der Waals surface area contributed by atoms with E-state index in [0.717, 1.165) is 28.5 Å². The summed E-state index contributed by atoms with van der Waals surface area (Å²) in [7, 11) is 0. The van der Waals surface area contributed by atoms with Crippen LogP contribution >= 0.6 is 0 Å². The van der Waals surface area contributed by atoms with Crippen LogP contribution in [0.2, 0.25) is 0 Å². The van der Waals surface area contributed by atoms with Crippen LogP contribution in [0.1, 0.15) is 28.4 Å². The van der Waals surface area contributed by atoms with Gasteiger partial charge in [0.2, 0.25) is 0 Å². The molecular formula is C21H22N2O3. The lowest BCUT2D eigenvalue weighted by Gasteiger charge is -2.07. The molecule has 0 bridgehead atoms. The Labute approximate surface area is 152 Å². The van der Waals surface area contributed by atoms with Gasteiger partial charge < -0.3 is 15.0 Å². The molecule has 0 aliphatic carbocycles. The van der Waals surface area contributed by atoms with E-state index in [1.807, 2.05) is 43.5 Å². The lowest BCUT2D eigenvalue weighted by Crippen LogP contribution is -2.30. The largest absolute Gasteiger partial charge is 0.452 e. The zero-order valence-corrected chi connectivity index (χ0v) is 14.7. The van der Waals surface area contributed by atoms with Crippen LogP contribution in [0.5, 0.6) is 0 Å². The van der Waals surface area contributed by atoms with Crippen LogP contribution in [-0.4, -0.2) is 30.0 Å². The lowest BCUT2D eigenvalue weighted by molar-refractivity contribution is -0.124. The number of aromatic amines is 1. The number of fused-ring (bicyclic) bond motifs is 1. The van der Waals surface area contributed by atoms with Gasteiger partial charge in [0, 0.05) is 23.6 Å². The molecule has 0 radical (unpaired) electrons. The molecule has 0 unspecified atom stereocenters. The Morgan fingerprint density at radius 3 is 2.62 bits per heavy atom. The fourth-order valence-corrected chi connectivity index (χ4v) is 2.82. The number of aromatic nitrogens is 1. The minimum atomic E-state index is -0.487. The molecule has 26 heavy (non-hydrogen) atoms. The molecule has 3 rings (SSSR count). The summed E-state index contributed by atoms with van der Waals surface area (Å²) in [6.45, 7) is 2.26. The summed E-state index contributed by atoms with van der Waals surface area (Å²) in [4.78, 5) is 27.0. The molecule has 1 amide bonds. The average Bonchev–Trinajstić information content (AvgIpc) is 3.09. The van der Waals surface area contributed by atoms with E-state index >= 15 is 0 Å². The molecule has 0 saturated heterocycles. The predicted octanol–water partition coefficient (Wildman–Crippen LogP) is 3.25. The molecule has 1 aromatic heterocycles. The van der Waals surface area contributed by atoms with Crippen LogP contribution in [0.3, 0.4) is 0 Å². The summed E-state index contributed by atoms with van der Waals surface area (Å²) in [5.74, 6) is -0.789. The van der Waals surface area contributed by atoms with Crippen molar-refractivity contribution >= 4 is 22.8 Å². The van der Waals surface area contributed by atoms with Gasteiger partial charge in [-0.25, -0.2) is 4.79 Å². The monoisotopic (exact) mass is 350 g/mol. The number of hydrogen-bond donors (Lipinski definition) is 2. The summed E-state index contributed by atoms with van der Waals surface area (Å²) in [6.07, 6.45) is 3.58. The minimum Gasteiger partial charge on any atom is -0.452 e. The Bertz CT molecular complexity index is 897. The van der Waals surface area contributed by atoms with Crippen molar-refractivity contribution in [3.8, 4) is 0 Å². The summed E-state index contributed by atoms with van der Waals surface area (Å²) < 4.78 is 5.06. The molecule has 0 atom stereocenters. The van der Waals surface area contributed by atoms with Crippen LogP contribution in [0.4, 0.5) is 0 Å². The Kier molecular flexibility index (Phi) is 5.69. The lowest BCUT2D eigenvalue weighted by atomic mass is 10.1. The first kappa shape index (κ1) is 17.7. The van der Waals surface area contributed by atoms with Gasteiger partial charge in [-0.15, -0.1) is 0 Å². The topological polar surface area (TPSA) is 71.2 Å². The van der Waals surface area contributed by atoms with E-state index in [0.29, 0.717) is 18.5 Å². The van der Waals surface area contributed by atoms with Crippen molar-refractivity contribution in [2.75, 3.05) is 13.2 Å². The molecule has 2 N–H and O–H groups in total. The van der Waals surface area contributed by atoms with Crippen molar-refractivity contribution in [3.63, 3.8) is 0 Å². The average molecular weight is 350 g/mol. The maximum absolute atomic E-state index is 11.9. The summed E-state index contributed by atoms with van der Waals surface area (Å²) in [5.41, 5.74) is 3.83. The zero-order valence-electron chi connectivity index (χ0n) is 14.7. The van der Waals surface area contributed by atoms with Gasteiger partial charge in [0.1, 0.15) is 0 Å². The summed E-state index contributed by atoms with van der Waals surface area (Å²) in [6, 6.07) is 15.2. The number of carbonyl (C=O) groups is 2. The van der Waals surface area contributed by atoms with Gasteiger partial charge in [0.15, 0.2) is 6.61 Å². The van der Waals surface area contributed by atoms with Crippen LogP contribution in [0, 0.1) is 0 Å². The van der Waals surface area contributed by atoms with Gasteiger partial charge in [0.25, 0.3) is 5.91 Å². The highest BCUT2D eigenvalue weighted by molar-refractivity contribution is 5.91. The first-order chi connectivity index (χ1) is 12.7. The van der Waals surface area contributed by atoms with E-state index in [9.17, 15) is 9.59 Å². The van der Waals surface area contributed by atoms with Crippen molar-refractivity contribution in [1.29, 1.82) is 0 Å². The standard InChI is InChI=1S/C21H22N2O3/c1-2-15-7-9-16(10-8-15)21(25)26-14-20(24)22-12-11-17-13-23-19-6-4-3-5-18(17)19/h3-10,13,23H,2,11-12,14H2,1H3,(H,22,24). The van der Waals surface area contributed by atoms with E-state index in [1.165, 1.54) is 0 Å². The van der Waals surface area contributed by atoms with E-state index < -0.39 is 5.97 Å². The smallest absolute Gasteiger partial charge is 0.338 e. The molecule has 0 spiro atoms. The van der Waals surface area contributed by atoms with Crippen LogP contribution < -0.4 is 5.32 Å². The van der Waals surface area contributed by atoms with Crippen LogP contribution in [-0.2, 0) is 22.4 Å². The number of rotatable bonds is 7. The molecule has 134 valence electrons. The van der Waals surface area contributed by atoms with Gasteiger partial charge in [-0.3, -0.25) is 4.79 Å². The van der Waals surface area contributed by atoms with Crippen LogP contribution in [0.15, 0.2) is 54.7 Å². The second-order valence-electron chi connectivity index (χ2n) is 6.09. The first-order valence-corrected chi connectivity index (χ1v) is 8.75. The van der Waals surface area contributed by atoms with E-state index in [2.05, 4.69) is 16.4 Å². The number of aryl methyl sites for hydroxylation is 1. The molecule has 0 saturated carbocycles. The Morgan fingerprint density at radius 1 is 1.08 bits per heavy atom. The van der Waals surface area contributed by atoms with E-state index in [4.69, 9.17) is 4.74 Å². The van der Waals surface area contributed by atoms with Crippen molar-refractivity contribution in [3.05, 3.63) is 71.4 Å². The molecule has 5 nitrogen and oxygen atoms in total. The van der Waals surface area contributed by atoms with Gasteiger partial charge in [-0.05, 0) is 42.2 Å². The Hall–Kier alpha value is -3.08. The fraction of sp³-hybridized carbons (Fsp3) is 0.238. The molecule has 5 heteroatoms. The van der Waals surface area contributed by atoms with Crippen molar-refractivity contribution in [2.45, 2.75) is 19.8 Å². The van der Waals surface area contributed by atoms with Gasteiger partial charge in [-0.2, -0.15) is 0 Å². The molecule has 0 fully saturated rings. The summed E-state index contributed by atoms with van der Waals surface area (Å²) in [5, 5.41) is 3.94. The third kappa shape index (κ3) is 4.30. The van der Waals surface area contributed by atoms with E-state index in [1.54, 1.807) is 12.1 Å². The van der Waals surface area contributed by atoms with Crippen molar-refractivity contribution in [1.82, 2.24) is 10.3 Å². The zero-order chi connectivity index (χ0) is 18.4. The number of ether oxygens (including phenoxy) is 1. The third-order valence-electron chi connectivity index (χ3n) is 4.32. The molecule has 1 heterocycles. The number of H-pyrrole nitrogens is 1. The molecule has 3 aromatic rings. The molecule has 0 aliphatic rings. The number of esters is 1. The second-order valence-corrected chi connectivity index (χ2v) is 6.09. The highest BCUT2D eigenvalue weighted by Crippen LogP contribution is 2.17. The Balaban J connectivity index is 1.43. The van der Waals surface area contributed by atoms with E-state index in [-0.39, 0.29) is 12.5 Å². The third-order valence-corrected chi connectivity index (χ3v) is 4.32. The molecule has 2 aromatic carbocycles. The second kappa shape index (κ2) is 8.34. The highest BCUT2D eigenvalue weighted by atomic mass is 16.5. The number of carbonyl (C=O) groups excluding carboxylic acids is 2. The normalized spacial score (nSPS) is 10.7. The maximum Gasteiger partial charge on any atom is 0.338 e. The number of para-hydroxylation sites is 1. The molecule has 0 aliphatic heterocycles. The first-order valence-electron chi connectivity index (χ1n) is 8.75. The van der Waals surface area contributed by atoms with Crippen molar-refractivity contribution in [2.24, 2.45) is 0 Å². The fourth-order valence-electron chi connectivity index (χ4n) is 2.82. The number of benzene rings is 2. The minimum absolute atomic E-state index is 0.276. The summed E-state index contributed by atoms with van der Waals surface area (Å²) >= 11 is 0. The van der Waals surface area contributed by atoms with Crippen molar-refractivity contribution < 1.29 is 14.3 Å². The number of amides is 1. The Morgan fingerprint density at radius 2 is 1.85 bits per heavy atom. The number of hydrogen-bond acceptors (Lipinski definition) is 3. The maximum atomic E-state index is 11.9. The number of nitrogens with one attached hydrogen (secondary N) is 2. The molecular weight excluding hydrogens is 328 g/mol. The van der Waals surface area contributed by atoms with Gasteiger partial charge in [0.05, 0.1) is 5.56 Å². The SMILES string of the molecule is CCc1ccc(C(=O)OCC(=O)NCCc2c[nH]c3ccccc23)cc1. The predicted molar refractivity (Wildman–Crippen MR) is 101 cm³/mol. The highest BCUT2D eigenvalue weighted by Gasteiger charge is 2.10. The van der Waals surface area contributed by atoms with Crippen LogP contribution in [0.25, 0.3) is 10.9 Å².